The third-order valence-corrected chi connectivity index (χ3v) is 5.56. The van der Waals surface area contributed by atoms with Crippen LogP contribution in [0.2, 0.25) is 0 Å². The van der Waals surface area contributed by atoms with Gasteiger partial charge in [-0.05, 0) is 31.0 Å². The zero-order valence-electron chi connectivity index (χ0n) is 16.6. The number of β-amino-alcohol motifs (C(OH)–C–C–N with tert-alkyl or cyclic N) is 1. The van der Waals surface area contributed by atoms with E-state index in [-0.39, 0.29) is 18.6 Å². The highest BCUT2D eigenvalue weighted by molar-refractivity contribution is 5.87. The number of rotatable bonds is 6. The number of carbonyl (C=O) groups is 1. The van der Waals surface area contributed by atoms with Crippen molar-refractivity contribution in [1.29, 1.82) is 0 Å². The first-order valence-electron chi connectivity index (χ1n) is 10.2. The summed E-state index contributed by atoms with van der Waals surface area (Å²) in [6.07, 6.45) is 3.75. The van der Waals surface area contributed by atoms with Gasteiger partial charge in [0.25, 0.3) is 0 Å². The van der Waals surface area contributed by atoms with E-state index in [0.717, 1.165) is 42.6 Å². The van der Waals surface area contributed by atoms with Crippen molar-refractivity contribution in [2.24, 2.45) is 5.73 Å². The number of fused-ring (bicyclic) bond motifs is 1. The maximum atomic E-state index is 11.3. The van der Waals surface area contributed by atoms with Crippen LogP contribution in [0.3, 0.4) is 0 Å². The molecule has 0 saturated carbocycles. The molecule has 2 aromatic rings. The van der Waals surface area contributed by atoms with Crippen LogP contribution < -0.4 is 10.5 Å². The summed E-state index contributed by atoms with van der Waals surface area (Å²) in [7, 11) is 0. The lowest BCUT2D eigenvalue weighted by Crippen LogP contribution is -2.51. The van der Waals surface area contributed by atoms with Crippen LogP contribution >= 0.6 is 0 Å². The normalized spacial score (nSPS) is 21.1. The van der Waals surface area contributed by atoms with Crippen molar-refractivity contribution in [1.82, 2.24) is 9.47 Å². The number of nitrogens with two attached hydrogens (primary N) is 1. The van der Waals surface area contributed by atoms with Crippen LogP contribution in [0.25, 0.3) is 10.9 Å². The maximum Gasteiger partial charge on any atom is 0.237 e. The second-order valence-corrected chi connectivity index (χ2v) is 8.02. The van der Waals surface area contributed by atoms with E-state index in [1.54, 1.807) is 0 Å². The number of aliphatic hydroxyl groups is 1. The molecule has 3 heterocycles. The molecule has 8 heteroatoms. The Hall–Kier alpha value is -2.13. The fraction of sp³-hybridized carbons (Fsp3) is 0.571. The molecule has 2 fully saturated rings. The summed E-state index contributed by atoms with van der Waals surface area (Å²) in [5.74, 6) is 0.459. The minimum Gasteiger partial charge on any atom is -0.490 e. The number of nitrogens with zero attached hydrogens (tertiary/aromatic N) is 2. The minimum atomic E-state index is -0.945. The molecule has 0 bridgehead atoms. The molecule has 1 aromatic carbocycles. The molecule has 158 valence electrons. The van der Waals surface area contributed by atoms with Crippen molar-refractivity contribution < 1.29 is 24.1 Å². The highest BCUT2D eigenvalue weighted by Gasteiger charge is 2.34. The molecule has 3 N–H and O–H groups in total. The first-order valence-corrected chi connectivity index (χ1v) is 10.2. The van der Waals surface area contributed by atoms with Crippen LogP contribution in [0, 0.1) is 0 Å². The number of amides is 1. The van der Waals surface area contributed by atoms with Gasteiger partial charge in [-0.15, -0.1) is 0 Å². The smallest absolute Gasteiger partial charge is 0.237 e. The Bertz CT molecular complexity index is 836. The molecule has 0 aliphatic carbocycles. The number of aromatic nitrogens is 1. The van der Waals surface area contributed by atoms with Crippen LogP contribution in [-0.2, 0) is 20.8 Å². The van der Waals surface area contributed by atoms with Gasteiger partial charge in [0, 0.05) is 31.2 Å². The lowest BCUT2D eigenvalue weighted by atomic mass is 10.0. The molecule has 0 radical (unpaired) electrons. The predicted octanol–water partition coefficient (Wildman–Crippen LogP) is 0.748. The molecule has 0 unspecified atom stereocenters. The molecule has 2 saturated heterocycles. The van der Waals surface area contributed by atoms with Crippen LogP contribution in [-0.4, -0.2) is 78.2 Å². The summed E-state index contributed by atoms with van der Waals surface area (Å²) < 4.78 is 19.1. The number of piperidine rings is 1. The monoisotopic (exact) mass is 403 g/mol. The molecule has 1 amide bonds. The molecule has 29 heavy (non-hydrogen) atoms. The van der Waals surface area contributed by atoms with Gasteiger partial charge in [0.1, 0.15) is 24.0 Å². The largest absolute Gasteiger partial charge is 0.490 e. The summed E-state index contributed by atoms with van der Waals surface area (Å²) in [6, 6.07) is 7.83. The minimum absolute atomic E-state index is 0.118. The van der Waals surface area contributed by atoms with Gasteiger partial charge in [-0.25, -0.2) is 0 Å². The van der Waals surface area contributed by atoms with E-state index in [4.69, 9.17) is 19.9 Å². The van der Waals surface area contributed by atoms with Gasteiger partial charge in [0.15, 0.2) is 0 Å². The zero-order valence-corrected chi connectivity index (χ0v) is 16.6. The van der Waals surface area contributed by atoms with E-state index in [9.17, 15) is 9.90 Å². The molecule has 2 aliphatic rings. The first kappa shape index (κ1) is 20.2. The number of hydrogen-bond acceptors (Lipinski definition) is 6. The Morgan fingerprint density at radius 1 is 1.21 bits per heavy atom. The molecule has 0 atom stereocenters. The highest BCUT2D eigenvalue weighted by atomic mass is 16.6. The van der Waals surface area contributed by atoms with E-state index in [1.807, 2.05) is 35.0 Å². The number of primary amides is 1. The second kappa shape index (κ2) is 8.71. The molecular formula is C21H29N3O5. The number of hydrogen-bond donors (Lipinski definition) is 2. The van der Waals surface area contributed by atoms with Crippen molar-refractivity contribution in [2.75, 3.05) is 46.1 Å². The Labute approximate surface area is 170 Å². The standard InChI is InChI=1S/C21H29N3O5/c22-20(25)12-24-9-6-17-18(24)2-1-3-19(17)29-16-4-7-23(8-5-16)13-21(26)14-27-10-11-28-15-21/h1-3,6,9,16,26H,4-5,7-8,10-15H2,(H2,22,25). The third-order valence-electron chi connectivity index (χ3n) is 5.56. The summed E-state index contributed by atoms with van der Waals surface area (Å²) in [5, 5.41) is 11.7. The number of benzene rings is 1. The van der Waals surface area contributed by atoms with E-state index in [1.165, 1.54) is 0 Å². The fourth-order valence-electron chi connectivity index (χ4n) is 4.16. The van der Waals surface area contributed by atoms with Crippen LogP contribution in [0.15, 0.2) is 30.5 Å². The Morgan fingerprint density at radius 3 is 2.62 bits per heavy atom. The van der Waals surface area contributed by atoms with Crippen LogP contribution in [0.1, 0.15) is 12.8 Å². The van der Waals surface area contributed by atoms with Crippen LogP contribution in [0.5, 0.6) is 5.75 Å². The van der Waals surface area contributed by atoms with Crippen molar-refractivity contribution in [3.05, 3.63) is 30.5 Å². The van der Waals surface area contributed by atoms with E-state index in [2.05, 4.69) is 4.90 Å². The zero-order chi connectivity index (χ0) is 20.3. The SMILES string of the molecule is NC(=O)Cn1ccc2c(OC3CCN(CC4(O)COCCOC4)CC3)cccc21. The maximum absolute atomic E-state index is 11.3. The number of ether oxygens (including phenoxy) is 3. The molecule has 4 rings (SSSR count). The fourth-order valence-corrected chi connectivity index (χ4v) is 4.16. The topological polar surface area (TPSA) is 99.2 Å². The van der Waals surface area contributed by atoms with Crippen molar-refractivity contribution >= 4 is 16.8 Å². The highest BCUT2D eigenvalue weighted by Crippen LogP contribution is 2.29. The average Bonchev–Trinajstić information content (AvgIpc) is 2.97. The van der Waals surface area contributed by atoms with Gasteiger partial charge in [0.2, 0.25) is 5.91 Å². The summed E-state index contributed by atoms with van der Waals surface area (Å²) in [4.78, 5) is 13.5. The van der Waals surface area contributed by atoms with Gasteiger partial charge in [-0.3, -0.25) is 4.79 Å². The van der Waals surface area contributed by atoms with Gasteiger partial charge in [0.05, 0.1) is 31.9 Å². The first-order chi connectivity index (χ1) is 14.0. The average molecular weight is 403 g/mol. The summed E-state index contributed by atoms with van der Waals surface area (Å²) >= 11 is 0. The number of likely N-dealkylation sites (tertiary alicyclic amines) is 1. The van der Waals surface area contributed by atoms with Crippen molar-refractivity contribution in [3.63, 3.8) is 0 Å². The second-order valence-electron chi connectivity index (χ2n) is 8.02. The molecule has 2 aliphatic heterocycles. The summed E-state index contributed by atoms with van der Waals surface area (Å²) in [5.41, 5.74) is 5.32. The molecule has 8 nitrogen and oxygen atoms in total. The Morgan fingerprint density at radius 2 is 1.93 bits per heavy atom. The van der Waals surface area contributed by atoms with E-state index in [0.29, 0.717) is 33.0 Å². The molecule has 1 aromatic heterocycles. The van der Waals surface area contributed by atoms with Crippen molar-refractivity contribution in [3.8, 4) is 5.75 Å². The van der Waals surface area contributed by atoms with Crippen LogP contribution in [0.4, 0.5) is 0 Å². The lowest BCUT2D eigenvalue weighted by molar-refractivity contribution is -0.118. The number of carbonyl (C=O) groups excluding carboxylic acids is 1. The third kappa shape index (κ3) is 4.90. The molecular weight excluding hydrogens is 374 g/mol. The quantitative estimate of drug-likeness (QED) is 0.738. The Kier molecular flexibility index (Phi) is 6.05. The summed E-state index contributed by atoms with van der Waals surface area (Å²) in [6.45, 7) is 4.10. The van der Waals surface area contributed by atoms with Crippen molar-refractivity contribution in [2.45, 2.75) is 31.1 Å². The lowest BCUT2D eigenvalue weighted by Gasteiger charge is -2.37. The van der Waals surface area contributed by atoms with Gasteiger partial charge < -0.3 is 34.5 Å². The molecule has 0 spiro atoms. The Balaban J connectivity index is 1.35. The predicted molar refractivity (Wildman–Crippen MR) is 108 cm³/mol. The van der Waals surface area contributed by atoms with Gasteiger partial charge >= 0.3 is 0 Å². The van der Waals surface area contributed by atoms with E-state index >= 15 is 0 Å². The van der Waals surface area contributed by atoms with Gasteiger partial charge in [-0.1, -0.05) is 6.07 Å². The van der Waals surface area contributed by atoms with E-state index < -0.39 is 5.60 Å². The van der Waals surface area contributed by atoms with Gasteiger partial charge in [-0.2, -0.15) is 0 Å².